The third-order valence-corrected chi connectivity index (χ3v) is 4.62. The number of hydrogen-bond donors (Lipinski definition) is 2. The Balaban J connectivity index is 1.54. The zero-order chi connectivity index (χ0) is 21.3. The van der Waals surface area contributed by atoms with Crippen molar-refractivity contribution >= 4 is 28.6 Å². The van der Waals surface area contributed by atoms with Crippen LogP contribution in [-0.2, 0) is 7.05 Å². The van der Waals surface area contributed by atoms with Crippen LogP contribution >= 0.6 is 0 Å². The van der Waals surface area contributed by atoms with E-state index in [1.807, 2.05) is 13.8 Å². The quantitative estimate of drug-likeness (QED) is 0.526. The average molecular weight is 405 g/mol. The molecule has 1 unspecified atom stereocenters. The number of rotatable bonds is 5. The van der Waals surface area contributed by atoms with Crippen molar-refractivity contribution in [1.29, 1.82) is 0 Å². The number of nitrogens with one attached hydrogen (secondary N) is 2. The molecular formula is C21H20FN7O. The van der Waals surface area contributed by atoms with Gasteiger partial charge in [-0.1, -0.05) is 0 Å². The number of aromatic nitrogens is 5. The molecule has 3 heterocycles. The molecule has 3 aromatic heterocycles. The van der Waals surface area contributed by atoms with Gasteiger partial charge >= 0.3 is 0 Å². The van der Waals surface area contributed by atoms with Gasteiger partial charge in [0.15, 0.2) is 5.65 Å². The molecule has 0 bridgehead atoms. The number of anilines is 2. The molecule has 9 heteroatoms. The molecule has 30 heavy (non-hydrogen) atoms. The van der Waals surface area contributed by atoms with Crippen LogP contribution in [0.5, 0.6) is 0 Å². The number of fused-ring (bicyclic) bond motifs is 1. The molecule has 0 spiro atoms. The van der Waals surface area contributed by atoms with Crippen LogP contribution in [0.4, 0.5) is 15.9 Å². The second kappa shape index (κ2) is 7.86. The Kier molecular flexibility index (Phi) is 5.09. The minimum Gasteiger partial charge on any atom is -0.362 e. The molecule has 0 fully saturated rings. The van der Waals surface area contributed by atoms with Gasteiger partial charge in [-0.2, -0.15) is 5.10 Å². The summed E-state index contributed by atoms with van der Waals surface area (Å²) < 4.78 is 15.9. The summed E-state index contributed by atoms with van der Waals surface area (Å²) in [6.07, 6.45) is 6.38. The van der Waals surface area contributed by atoms with Crippen molar-refractivity contribution in [3.63, 3.8) is 0 Å². The van der Waals surface area contributed by atoms with Crippen molar-refractivity contribution in [2.45, 2.75) is 19.9 Å². The highest BCUT2D eigenvalue weighted by atomic mass is 19.1. The molecule has 0 radical (unpaired) electrons. The summed E-state index contributed by atoms with van der Waals surface area (Å²) in [6.45, 7) is 3.73. The van der Waals surface area contributed by atoms with Crippen LogP contribution < -0.4 is 10.6 Å². The molecule has 0 saturated heterocycles. The Morgan fingerprint density at radius 1 is 1.13 bits per heavy atom. The van der Waals surface area contributed by atoms with E-state index in [9.17, 15) is 9.18 Å². The molecule has 0 aliphatic rings. The van der Waals surface area contributed by atoms with Gasteiger partial charge in [0.2, 0.25) is 0 Å². The summed E-state index contributed by atoms with van der Waals surface area (Å²) in [5.74, 6) is -0.262. The fraction of sp³-hybridized carbons (Fsp3) is 0.190. The first-order valence-electron chi connectivity index (χ1n) is 9.34. The van der Waals surface area contributed by atoms with Gasteiger partial charge in [0.05, 0.1) is 24.0 Å². The molecule has 1 amide bonds. The van der Waals surface area contributed by atoms with Crippen molar-refractivity contribution in [1.82, 2.24) is 24.7 Å². The van der Waals surface area contributed by atoms with Crippen LogP contribution in [0.1, 0.15) is 34.5 Å². The van der Waals surface area contributed by atoms with Crippen LogP contribution in [0.2, 0.25) is 0 Å². The van der Waals surface area contributed by atoms with E-state index in [2.05, 4.69) is 30.7 Å². The van der Waals surface area contributed by atoms with E-state index in [4.69, 9.17) is 0 Å². The van der Waals surface area contributed by atoms with Crippen LogP contribution in [0.3, 0.4) is 0 Å². The largest absolute Gasteiger partial charge is 0.362 e. The Hall–Kier alpha value is -3.88. The molecule has 4 rings (SSSR count). The van der Waals surface area contributed by atoms with Crippen molar-refractivity contribution < 1.29 is 9.18 Å². The number of carbonyl (C=O) groups is 1. The van der Waals surface area contributed by atoms with Gasteiger partial charge in [-0.15, -0.1) is 0 Å². The van der Waals surface area contributed by atoms with E-state index >= 15 is 0 Å². The highest BCUT2D eigenvalue weighted by molar-refractivity contribution is 6.04. The van der Waals surface area contributed by atoms with Crippen molar-refractivity contribution in [2.24, 2.45) is 7.05 Å². The number of halogens is 1. The zero-order valence-electron chi connectivity index (χ0n) is 16.7. The molecule has 152 valence electrons. The van der Waals surface area contributed by atoms with Gasteiger partial charge in [-0.05, 0) is 49.2 Å². The summed E-state index contributed by atoms with van der Waals surface area (Å²) in [7, 11) is 1.79. The van der Waals surface area contributed by atoms with E-state index in [1.54, 1.807) is 42.5 Å². The van der Waals surface area contributed by atoms with E-state index in [0.29, 0.717) is 33.8 Å². The van der Waals surface area contributed by atoms with Crippen molar-refractivity contribution in [2.75, 3.05) is 10.6 Å². The fourth-order valence-corrected chi connectivity index (χ4v) is 3.11. The molecule has 4 aromatic rings. The van der Waals surface area contributed by atoms with Gasteiger partial charge in [0, 0.05) is 25.1 Å². The van der Waals surface area contributed by atoms with E-state index in [1.165, 1.54) is 18.3 Å². The molecule has 0 saturated carbocycles. The van der Waals surface area contributed by atoms with Crippen molar-refractivity contribution in [3.8, 4) is 0 Å². The number of pyridine rings is 1. The van der Waals surface area contributed by atoms with Crippen LogP contribution in [0, 0.1) is 12.7 Å². The third kappa shape index (κ3) is 4.09. The normalized spacial score (nSPS) is 12.0. The van der Waals surface area contributed by atoms with Gasteiger partial charge in [-0.25, -0.2) is 19.0 Å². The molecular weight excluding hydrogens is 385 g/mol. The first-order valence-corrected chi connectivity index (χ1v) is 9.34. The first-order chi connectivity index (χ1) is 14.4. The topological polar surface area (TPSA) is 97.6 Å². The Bertz CT molecular complexity index is 1240. The highest BCUT2D eigenvalue weighted by Crippen LogP contribution is 2.23. The summed E-state index contributed by atoms with van der Waals surface area (Å²) >= 11 is 0. The number of hydrogen-bond acceptors (Lipinski definition) is 6. The SMILES string of the molecule is Cc1cncc(C(=O)Nc2cc(F)cc(C(C)Nc3cnc4cnn(C)c4n3)c2)c1. The lowest BCUT2D eigenvalue weighted by molar-refractivity contribution is 0.102. The number of benzene rings is 1. The number of carbonyl (C=O) groups excluding carboxylic acids is 1. The summed E-state index contributed by atoms with van der Waals surface area (Å²) in [6, 6.07) is 5.85. The van der Waals surface area contributed by atoms with Gasteiger partial charge in [0.25, 0.3) is 5.91 Å². The summed E-state index contributed by atoms with van der Waals surface area (Å²) in [5.41, 5.74) is 3.62. The Morgan fingerprint density at radius 3 is 2.77 bits per heavy atom. The second-order valence-electron chi connectivity index (χ2n) is 7.08. The summed E-state index contributed by atoms with van der Waals surface area (Å²) in [4.78, 5) is 25.3. The maximum absolute atomic E-state index is 14.2. The smallest absolute Gasteiger partial charge is 0.257 e. The van der Waals surface area contributed by atoms with Gasteiger partial charge < -0.3 is 10.6 Å². The lowest BCUT2D eigenvalue weighted by Crippen LogP contribution is -2.14. The van der Waals surface area contributed by atoms with Crippen molar-refractivity contribution in [3.05, 3.63) is 71.6 Å². The van der Waals surface area contributed by atoms with Gasteiger partial charge in [0.1, 0.15) is 17.2 Å². The third-order valence-electron chi connectivity index (χ3n) is 4.62. The molecule has 0 aliphatic carbocycles. The minimum absolute atomic E-state index is 0.281. The number of amides is 1. The zero-order valence-corrected chi connectivity index (χ0v) is 16.7. The fourth-order valence-electron chi connectivity index (χ4n) is 3.11. The molecule has 1 atom stereocenters. The van der Waals surface area contributed by atoms with E-state index in [0.717, 1.165) is 5.56 Å². The molecule has 8 nitrogen and oxygen atoms in total. The monoisotopic (exact) mass is 405 g/mol. The lowest BCUT2D eigenvalue weighted by Gasteiger charge is -2.16. The van der Waals surface area contributed by atoms with E-state index < -0.39 is 5.82 Å². The second-order valence-corrected chi connectivity index (χ2v) is 7.08. The minimum atomic E-state index is -0.452. The van der Waals surface area contributed by atoms with Gasteiger partial charge in [-0.3, -0.25) is 9.78 Å². The standard InChI is InChI=1S/C21H20FN7O/c1-12-4-15(9-23-8-12)21(30)27-17-6-14(5-16(22)7-17)13(2)26-19-11-24-18-10-25-29(3)20(18)28-19/h4-11,13H,1-3H3,(H,26,28)(H,27,30). The molecule has 0 aliphatic heterocycles. The Morgan fingerprint density at radius 2 is 1.97 bits per heavy atom. The van der Waals surface area contributed by atoms with E-state index in [-0.39, 0.29) is 11.9 Å². The van der Waals surface area contributed by atoms with Crippen LogP contribution in [0.25, 0.3) is 11.2 Å². The average Bonchev–Trinajstić information content (AvgIpc) is 3.08. The predicted octanol–water partition coefficient (Wildman–Crippen LogP) is 3.63. The maximum Gasteiger partial charge on any atom is 0.257 e. The number of aryl methyl sites for hydroxylation is 2. The summed E-state index contributed by atoms with van der Waals surface area (Å²) in [5, 5.41) is 10.1. The lowest BCUT2D eigenvalue weighted by atomic mass is 10.1. The Labute approximate surface area is 172 Å². The highest BCUT2D eigenvalue weighted by Gasteiger charge is 2.13. The molecule has 2 N–H and O–H groups in total. The van der Waals surface area contributed by atoms with Crippen LogP contribution in [0.15, 0.2) is 49.1 Å². The maximum atomic E-state index is 14.2. The molecule has 1 aromatic carbocycles. The predicted molar refractivity (Wildman–Crippen MR) is 112 cm³/mol. The number of nitrogens with zero attached hydrogens (tertiary/aromatic N) is 5. The van der Waals surface area contributed by atoms with Crippen LogP contribution in [-0.4, -0.2) is 30.6 Å². The first kappa shape index (κ1) is 19.4.